The molecule has 2 aromatic rings. The molecule has 2 aromatic carbocycles. The average molecular weight is 358 g/mol. The molecule has 0 radical (unpaired) electrons. The normalized spacial score (nSPS) is 13.3. The van der Waals surface area contributed by atoms with Gasteiger partial charge in [-0.25, -0.2) is 0 Å². The molecule has 22 heavy (non-hydrogen) atoms. The maximum Gasteiger partial charge on any atom is 0.0733 e. The van der Waals surface area contributed by atoms with Gasteiger partial charge in [0.05, 0.1) is 12.1 Å². The first-order valence-corrected chi connectivity index (χ1v) is 8.27. The lowest BCUT2D eigenvalue weighted by molar-refractivity contribution is 0.133. The lowest BCUT2D eigenvalue weighted by Crippen LogP contribution is -2.26. The van der Waals surface area contributed by atoms with Crippen molar-refractivity contribution < 1.29 is 5.11 Å². The number of aliphatic hydroxyl groups is 1. The molecule has 0 bridgehead atoms. The average Bonchev–Trinajstić information content (AvgIpc) is 2.50. The number of aliphatic hydroxyl groups excluding tert-OH is 1. The molecule has 0 aliphatic rings. The summed E-state index contributed by atoms with van der Waals surface area (Å²) in [7, 11) is 0. The number of nitrogens with two attached hydrogens (primary N) is 1. The highest BCUT2D eigenvalue weighted by atomic mass is 35.5. The van der Waals surface area contributed by atoms with Crippen LogP contribution in [-0.2, 0) is 0 Å². The van der Waals surface area contributed by atoms with E-state index in [-0.39, 0.29) is 18.4 Å². The van der Waals surface area contributed by atoms with Gasteiger partial charge in [-0.2, -0.15) is 0 Å². The minimum absolute atomic E-state index is 0. The first-order chi connectivity index (χ1) is 10.1. The van der Waals surface area contributed by atoms with Crippen LogP contribution in [0.2, 0.25) is 5.02 Å². The summed E-state index contributed by atoms with van der Waals surface area (Å²) in [4.78, 5) is 2.17. The van der Waals surface area contributed by atoms with Crippen LogP contribution < -0.4 is 5.73 Å². The third-order valence-electron chi connectivity index (χ3n) is 3.32. The van der Waals surface area contributed by atoms with Gasteiger partial charge in [0.25, 0.3) is 0 Å². The van der Waals surface area contributed by atoms with Gasteiger partial charge in [-0.05, 0) is 42.3 Å². The Morgan fingerprint density at radius 2 is 1.77 bits per heavy atom. The van der Waals surface area contributed by atoms with E-state index in [0.29, 0.717) is 6.42 Å². The van der Waals surface area contributed by atoms with Crippen molar-refractivity contribution in [2.45, 2.75) is 41.7 Å². The summed E-state index contributed by atoms with van der Waals surface area (Å²) in [6.07, 6.45) is 1.12. The van der Waals surface area contributed by atoms with E-state index in [1.165, 1.54) is 0 Å². The van der Waals surface area contributed by atoms with E-state index in [1.54, 1.807) is 11.8 Å². The van der Waals surface area contributed by atoms with Gasteiger partial charge in [0.2, 0.25) is 0 Å². The summed E-state index contributed by atoms with van der Waals surface area (Å²) >= 11 is 7.55. The minimum atomic E-state index is -0.512. The van der Waals surface area contributed by atoms with Gasteiger partial charge >= 0.3 is 0 Å². The molecule has 0 saturated carbocycles. The third kappa shape index (κ3) is 5.18. The van der Waals surface area contributed by atoms with E-state index in [1.807, 2.05) is 55.5 Å². The van der Waals surface area contributed by atoms with E-state index in [2.05, 4.69) is 0 Å². The second-order valence-electron chi connectivity index (χ2n) is 4.98. The summed E-state index contributed by atoms with van der Waals surface area (Å²) in [5.74, 6) is 0. The molecule has 0 aliphatic carbocycles. The van der Waals surface area contributed by atoms with Gasteiger partial charge in [-0.3, -0.25) is 0 Å². The van der Waals surface area contributed by atoms with Gasteiger partial charge in [0, 0.05) is 14.8 Å². The lowest BCUT2D eigenvalue weighted by atomic mass is 9.99. The van der Waals surface area contributed by atoms with Crippen LogP contribution >= 0.6 is 35.8 Å². The lowest BCUT2D eigenvalue weighted by Gasteiger charge is -2.21. The zero-order chi connectivity index (χ0) is 15.2. The zero-order valence-corrected chi connectivity index (χ0v) is 14.8. The highest BCUT2D eigenvalue weighted by Gasteiger charge is 2.19. The number of halogens is 2. The number of rotatable bonds is 6. The number of benzene rings is 2. The van der Waals surface area contributed by atoms with Crippen molar-refractivity contribution in [2.75, 3.05) is 0 Å². The molecule has 0 heterocycles. The largest absolute Gasteiger partial charge is 0.391 e. The first kappa shape index (κ1) is 19.3. The third-order valence-corrected chi connectivity index (χ3v) is 4.67. The fourth-order valence-corrected chi connectivity index (χ4v) is 3.28. The van der Waals surface area contributed by atoms with Gasteiger partial charge in [0.1, 0.15) is 0 Å². The second-order valence-corrected chi connectivity index (χ2v) is 6.53. The topological polar surface area (TPSA) is 46.2 Å². The zero-order valence-electron chi connectivity index (χ0n) is 12.4. The SMILES string of the molecule is CCC[C@@H](O)[C@@H](N)c1ccccc1Sc1ccc(Cl)cc1.Cl. The molecule has 2 nitrogen and oxygen atoms in total. The summed E-state index contributed by atoms with van der Waals surface area (Å²) in [6.45, 7) is 2.05. The molecule has 2 atom stereocenters. The van der Waals surface area contributed by atoms with Gasteiger partial charge in [-0.1, -0.05) is 54.9 Å². The molecule has 0 saturated heterocycles. The second kappa shape index (κ2) is 9.43. The van der Waals surface area contributed by atoms with Gasteiger partial charge < -0.3 is 10.8 Å². The van der Waals surface area contributed by atoms with Crippen molar-refractivity contribution in [3.8, 4) is 0 Å². The highest BCUT2D eigenvalue weighted by molar-refractivity contribution is 7.99. The van der Waals surface area contributed by atoms with Crippen LogP contribution in [0.5, 0.6) is 0 Å². The van der Waals surface area contributed by atoms with Crippen molar-refractivity contribution in [2.24, 2.45) is 5.73 Å². The van der Waals surface area contributed by atoms with Crippen LogP contribution in [0.1, 0.15) is 31.4 Å². The highest BCUT2D eigenvalue weighted by Crippen LogP contribution is 2.34. The van der Waals surface area contributed by atoms with Crippen molar-refractivity contribution in [3.63, 3.8) is 0 Å². The Labute approximate surface area is 147 Å². The summed E-state index contributed by atoms with van der Waals surface area (Å²) in [5.41, 5.74) is 7.20. The fraction of sp³-hybridized carbons (Fsp3) is 0.294. The van der Waals surface area contributed by atoms with Crippen LogP contribution in [0.4, 0.5) is 0 Å². The Morgan fingerprint density at radius 3 is 2.41 bits per heavy atom. The Hall–Kier alpha value is -0.710. The summed E-state index contributed by atoms with van der Waals surface area (Å²) in [5, 5.41) is 10.9. The van der Waals surface area contributed by atoms with E-state index in [4.69, 9.17) is 17.3 Å². The molecule has 2 rings (SSSR count). The quantitative estimate of drug-likeness (QED) is 0.757. The molecule has 0 spiro atoms. The maximum atomic E-state index is 10.1. The number of hydrogen-bond donors (Lipinski definition) is 2. The van der Waals surface area contributed by atoms with Crippen LogP contribution in [-0.4, -0.2) is 11.2 Å². The standard InChI is InChI=1S/C17H20ClNOS.ClH/c1-2-5-15(20)17(19)14-6-3-4-7-16(14)21-13-10-8-12(18)9-11-13;/h3-4,6-11,15,17,20H,2,5,19H2,1H3;1H/t15-,17+;/m1./s1. The predicted molar refractivity (Wildman–Crippen MR) is 97.1 cm³/mol. The Kier molecular flexibility index (Phi) is 8.29. The molecule has 5 heteroatoms. The minimum Gasteiger partial charge on any atom is -0.391 e. The van der Waals surface area contributed by atoms with Gasteiger partial charge in [-0.15, -0.1) is 12.4 Å². The molecular formula is C17H21Cl2NOS. The summed E-state index contributed by atoms with van der Waals surface area (Å²) < 4.78 is 0. The van der Waals surface area contributed by atoms with E-state index >= 15 is 0 Å². The molecule has 0 aliphatic heterocycles. The van der Waals surface area contributed by atoms with Crippen LogP contribution in [0.15, 0.2) is 58.3 Å². The Balaban J connectivity index is 0.00000242. The van der Waals surface area contributed by atoms with Crippen molar-refractivity contribution in [1.29, 1.82) is 0 Å². The molecule has 3 N–H and O–H groups in total. The van der Waals surface area contributed by atoms with Crippen LogP contribution in [0.3, 0.4) is 0 Å². The summed E-state index contributed by atoms with van der Waals surface area (Å²) in [6, 6.07) is 15.3. The van der Waals surface area contributed by atoms with Crippen molar-refractivity contribution in [3.05, 3.63) is 59.1 Å². The van der Waals surface area contributed by atoms with E-state index in [9.17, 15) is 5.11 Å². The smallest absolute Gasteiger partial charge is 0.0733 e. The predicted octanol–water partition coefficient (Wildman–Crippen LogP) is 5.07. The van der Waals surface area contributed by atoms with Crippen LogP contribution in [0.25, 0.3) is 0 Å². The van der Waals surface area contributed by atoms with Crippen LogP contribution in [0, 0.1) is 0 Å². The molecule has 120 valence electrons. The first-order valence-electron chi connectivity index (χ1n) is 7.07. The Bertz CT molecular complexity index is 577. The van der Waals surface area contributed by atoms with Crippen molar-refractivity contribution in [1.82, 2.24) is 0 Å². The molecule has 0 aromatic heterocycles. The number of hydrogen-bond acceptors (Lipinski definition) is 3. The monoisotopic (exact) mass is 357 g/mol. The van der Waals surface area contributed by atoms with Gasteiger partial charge in [0.15, 0.2) is 0 Å². The molecule has 0 unspecified atom stereocenters. The van der Waals surface area contributed by atoms with E-state index in [0.717, 1.165) is 26.8 Å². The molecule has 0 amide bonds. The fourth-order valence-electron chi connectivity index (χ4n) is 2.16. The molecule has 0 fully saturated rings. The maximum absolute atomic E-state index is 10.1. The van der Waals surface area contributed by atoms with Crippen molar-refractivity contribution >= 4 is 35.8 Å². The Morgan fingerprint density at radius 1 is 1.14 bits per heavy atom. The van der Waals surface area contributed by atoms with E-state index < -0.39 is 6.10 Å². The molecular weight excluding hydrogens is 337 g/mol.